The molecule has 0 spiro atoms. The van der Waals surface area contributed by atoms with Gasteiger partial charge in [-0.2, -0.15) is 0 Å². The molecule has 2 aliphatic rings. The number of aromatic nitrogens is 1. The van der Waals surface area contributed by atoms with E-state index in [1.165, 1.54) is 71.8 Å². The number of hydrogen-bond acceptors (Lipinski definition) is 2. The first-order valence-corrected chi connectivity index (χ1v) is 18.0. The molecular formula is C48H32BN3. The number of para-hydroxylation sites is 5. The van der Waals surface area contributed by atoms with Crippen LogP contribution in [0.3, 0.4) is 0 Å². The van der Waals surface area contributed by atoms with Crippen LogP contribution in [-0.2, 0) is 0 Å². The second kappa shape index (κ2) is 11.4. The van der Waals surface area contributed by atoms with E-state index in [1.807, 2.05) is 0 Å². The van der Waals surface area contributed by atoms with Gasteiger partial charge in [0.05, 0.1) is 5.52 Å². The zero-order valence-electron chi connectivity index (χ0n) is 28.4. The molecule has 0 atom stereocenters. The lowest BCUT2D eigenvalue weighted by Crippen LogP contribution is -2.59. The number of fused-ring (bicyclic) bond motifs is 7. The van der Waals surface area contributed by atoms with Crippen molar-refractivity contribution in [3.63, 3.8) is 0 Å². The maximum atomic E-state index is 4.01. The molecule has 242 valence electrons. The summed E-state index contributed by atoms with van der Waals surface area (Å²) < 4.78 is 2.52. The van der Waals surface area contributed by atoms with E-state index in [0.29, 0.717) is 0 Å². The number of hydrogen-bond donors (Lipinski definition) is 1. The van der Waals surface area contributed by atoms with Crippen LogP contribution in [0.2, 0.25) is 0 Å². The topological polar surface area (TPSA) is 20.2 Å². The van der Waals surface area contributed by atoms with Gasteiger partial charge in [-0.3, -0.25) is 0 Å². The van der Waals surface area contributed by atoms with E-state index in [2.05, 4.69) is 203 Å². The molecule has 0 aliphatic carbocycles. The molecule has 11 rings (SSSR count). The van der Waals surface area contributed by atoms with E-state index < -0.39 is 0 Å². The van der Waals surface area contributed by atoms with Gasteiger partial charge < -0.3 is 14.8 Å². The van der Waals surface area contributed by atoms with Crippen LogP contribution < -0.4 is 26.6 Å². The van der Waals surface area contributed by atoms with Crippen LogP contribution in [0.15, 0.2) is 188 Å². The number of nitrogens with one attached hydrogen (secondary N) is 1. The van der Waals surface area contributed by atoms with Crippen molar-refractivity contribution in [1.29, 1.82) is 0 Å². The van der Waals surface area contributed by atoms with Gasteiger partial charge in [-0.1, -0.05) is 133 Å². The molecule has 8 aromatic carbocycles. The minimum absolute atomic E-state index is 0.104. The lowest BCUT2D eigenvalue weighted by atomic mass is 9.34. The second-order valence-corrected chi connectivity index (χ2v) is 13.8. The molecule has 0 amide bonds. The molecule has 0 unspecified atom stereocenters. The second-order valence-electron chi connectivity index (χ2n) is 13.8. The molecule has 52 heavy (non-hydrogen) atoms. The van der Waals surface area contributed by atoms with E-state index in [1.54, 1.807) is 0 Å². The van der Waals surface area contributed by atoms with Gasteiger partial charge in [0.1, 0.15) is 0 Å². The van der Waals surface area contributed by atoms with Crippen molar-refractivity contribution in [1.82, 2.24) is 4.57 Å². The summed E-state index contributed by atoms with van der Waals surface area (Å²) >= 11 is 0. The summed E-state index contributed by atoms with van der Waals surface area (Å²) in [4.78, 5) is 2.31. The fraction of sp³-hybridized carbons (Fsp3) is 0. The highest BCUT2D eigenvalue weighted by molar-refractivity contribution is 7.00. The van der Waals surface area contributed by atoms with E-state index in [4.69, 9.17) is 0 Å². The van der Waals surface area contributed by atoms with Gasteiger partial charge in [0, 0.05) is 56.0 Å². The first-order valence-electron chi connectivity index (χ1n) is 18.0. The molecule has 1 aromatic heterocycles. The molecule has 9 aromatic rings. The van der Waals surface area contributed by atoms with Gasteiger partial charge in [-0.25, -0.2) is 0 Å². The Bertz CT molecular complexity index is 2770. The van der Waals surface area contributed by atoms with Gasteiger partial charge in [-0.05, 0) is 87.7 Å². The van der Waals surface area contributed by atoms with Crippen molar-refractivity contribution >= 4 is 73.3 Å². The number of nitrogens with zero attached hydrogens (tertiary/aromatic N) is 2. The van der Waals surface area contributed by atoms with Crippen LogP contribution in [0, 0.1) is 0 Å². The highest BCUT2D eigenvalue weighted by Crippen LogP contribution is 2.41. The summed E-state index contributed by atoms with van der Waals surface area (Å²) in [6, 6.07) is 68.3. The summed E-state index contributed by atoms with van der Waals surface area (Å²) in [5, 5.41) is 6.60. The Morgan fingerprint density at radius 2 is 1.08 bits per heavy atom. The van der Waals surface area contributed by atoms with Crippen molar-refractivity contribution in [2.45, 2.75) is 0 Å². The summed E-state index contributed by atoms with van der Waals surface area (Å²) in [5.41, 5.74) is 18.3. The number of benzene rings is 8. The smallest absolute Gasteiger partial charge is 0.252 e. The number of anilines is 5. The summed E-state index contributed by atoms with van der Waals surface area (Å²) in [6.45, 7) is 0.104. The highest BCUT2D eigenvalue weighted by atomic mass is 15.1. The molecule has 0 bridgehead atoms. The van der Waals surface area contributed by atoms with Crippen molar-refractivity contribution in [2.75, 3.05) is 10.2 Å². The third-order valence-corrected chi connectivity index (χ3v) is 11.0. The lowest BCUT2D eigenvalue weighted by Gasteiger charge is -2.35. The Morgan fingerprint density at radius 1 is 0.462 bits per heavy atom. The van der Waals surface area contributed by atoms with Crippen molar-refractivity contribution in [2.24, 2.45) is 0 Å². The summed E-state index contributed by atoms with van der Waals surface area (Å²) in [7, 11) is 0. The maximum absolute atomic E-state index is 4.01. The molecule has 3 nitrogen and oxygen atoms in total. The Balaban J connectivity index is 1.13. The zero-order chi connectivity index (χ0) is 34.2. The predicted molar refractivity (Wildman–Crippen MR) is 221 cm³/mol. The Morgan fingerprint density at radius 3 is 1.83 bits per heavy atom. The van der Waals surface area contributed by atoms with Gasteiger partial charge in [-0.15, -0.1) is 0 Å². The molecule has 0 saturated carbocycles. The standard InChI is InChI=1S/C48H32BN3/c1-4-14-33(15-5-1)38-21-12-23-41-47(38)50-43-30-34(32-26-28-37(29-27-32)51(35-16-6-2-7-17-35)36-18-8-3-9-19-36)31-45-46(43)49(41)42-24-13-22-40-39-20-10-11-25-44(39)52(45)48(40)42/h1-31,50H. The summed E-state index contributed by atoms with van der Waals surface area (Å²) in [5.74, 6) is 0. The van der Waals surface area contributed by atoms with E-state index >= 15 is 0 Å². The van der Waals surface area contributed by atoms with Crippen molar-refractivity contribution in [3.8, 4) is 27.9 Å². The van der Waals surface area contributed by atoms with Crippen molar-refractivity contribution < 1.29 is 0 Å². The third kappa shape index (κ3) is 4.28. The maximum Gasteiger partial charge on any atom is 0.252 e. The van der Waals surface area contributed by atoms with E-state index in [9.17, 15) is 0 Å². The summed E-state index contributed by atoms with van der Waals surface area (Å²) in [6.07, 6.45) is 0. The van der Waals surface area contributed by atoms with Gasteiger partial charge >= 0.3 is 0 Å². The molecule has 1 N–H and O–H groups in total. The monoisotopic (exact) mass is 661 g/mol. The van der Waals surface area contributed by atoms with Crippen LogP contribution >= 0.6 is 0 Å². The third-order valence-electron chi connectivity index (χ3n) is 11.0. The minimum atomic E-state index is 0.104. The molecular weight excluding hydrogens is 629 g/mol. The van der Waals surface area contributed by atoms with Crippen molar-refractivity contribution in [3.05, 3.63) is 188 Å². The average molecular weight is 662 g/mol. The predicted octanol–water partition coefficient (Wildman–Crippen LogP) is 10.5. The Kier molecular flexibility index (Phi) is 6.35. The first-order chi connectivity index (χ1) is 25.8. The molecule has 0 fully saturated rings. The number of rotatable bonds is 5. The zero-order valence-corrected chi connectivity index (χ0v) is 28.4. The minimum Gasteiger partial charge on any atom is -0.356 e. The average Bonchev–Trinajstić information content (AvgIpc) is 3.56. The van der Waals surface area contributed by atoms with E-state index in [0.717, 1.165) is 22.7 Å². The molecule has 0 radical (unpaired) electrons. The SMILES string of the molecule is c1ccc(-c2cccc3c2Nc2cc(-c4ccc(N(c5ccccc5)c5ccccc5)cc4)cc4c2B3c2cccc3c5ccccc5n-4c23)cc1. The molecule has 2 aliphatic heterocycles. The largest absolute Gasteiger partial charge is 0.356 e. The Labute approximate surface area is 303 Å². The first kappa shape index (κ1) is 29.0. The normalized spacial score (nSPS) is 12.3. The van der Waals surface area contributed by atoms with Gasteiger partial charge in [0.25, 0.3) is 6.71 Å². The highest BCUT2D eigenvalue weighted by Gasteiger charge is 2.40. The molecule has 4 heteroatoms. The fourth-order valence-electron chi connectivity index (χ4n) is 8.75. The Hall–Kier alpha value is -6.78. The molecule has 0 saturated heterocycles. The van der Waals surface area contributed by atoms with Crippen LogP contribution in [0.25, 0.3) is 49.7 Å². The fourth-order valence-corrected chi connectivity index (χ4v) is 8.75. The van der Waals surface area contributed by atoms with E-state index in [-0.39, 0.29) is 6.71 Å². The van der Waals surface area contributed by atoms with Gasteiger partial charge in [0.2, 0.25) is 0 Å². The molecule has 3 heterocycles. The quantitative estimate of drug-likeness (QED) is 0.185. The van der Waals surface area contributed by atoms with Gasteiger partial charge in [0.15, 0.2) is 0 Å². The van der Waals surface area contributed by atoms with Crippen LogP contribution in [-0.4, -0.2) is 11.3 Å². The van der Waals surface area contributed by atoms with Crippen LogP contribution in [0.4, 0.5) is 28.4 Å². The van der Waals surface area contributed by atoms with Crippen LogP contribution in [0.5, 0.6) is 0 Å². The van der Waals surface area contributed by atoms with Crippen LogP contribution in [0.1, 0.15) is 0 Å². The lowest BCUT2D eigenvalue weighted by molar-refractivity contribution is 1.19.